The molecule has 2 heterocycles. The molecule has 1 atom stereocenters. The van der Waals surface area contributed by atoms with Gasteiger partial charge in [-0.15, -0.1) is 0 Å². The third kappa shape index (κ3) is 4.63. The minimum atomic E-state index is -0.174. The normalized spacial score (nSPS) is 16.5. The number of hydrogen-bond acceptors (Lipinski definition) is 7. The fraction of sp³-hybridized carbons (Fsp3) is 0.625. The Kier molecular flexibility index (Phi) is 6.90. The van der Waals surface area contributed by atoms with E-state index < -0.39 is 0 Å². The smallest absolute Gasteiger partial charge is 0.237 e. The third-order valence-electron chi connectivity index (χ3n) is 4.15. The summed E-state index contributed by atoms with van der Waals surface area (Å²) >= 11 is 0. The summed E-state index contributed by atoms with van der Waals surface area (Å²) in [5.74, 6) is 0.660. The molecule has 130 valence electrons. The number of piperazine rings is 1. The summed E-state index contributed by atoms with van der Waals surface area (Å²) in [6.07, 6.45) is 3.93. The van der Waals surface area contributed by atoms with Crippen molar-refractivity contribution in [1.29, 1.82) is 5.26 Å². The van der Waals surface area contributed by atoms with E-state index in [-0.39, 0.29) is 11.9 Å². The molecule has 1 saturated heterocycles. The number of amides is 1. The van der Waals surface area contributed by atoms with Gasteiger partial charge in [-0.2, -0.15) is 5.26 Å². The van der Waals surface area contributed by atoms with Gasteiger partial charge in [-0.05, 0) is 13.3 Å². The van der Waals surface area contributed by atoms with Gasteiger partial charge < -0.3 is 15.0 Å². The number of hydrogen-bond donors (Lipinski definition) is 1. The number of anilines is 1. The van der Waals surface area contributed by atoms with Crippen LogP contribution >= 0.6 is 0 Å². The monoisotopic (exact) mass is 332 g/mol. The summed E-state index contributed by atoms with van der Waals surface area (Å²) in [5, 5.41) is 12.1. The van der Waals surface area contributed by atoms with Crippen LogP contribution in [0.3, 0.4) is 0 Å². The average molecular weight is 332 g/mol. The number of methoxy groups -OCH3 is 1. The SMILES string of the molecule is COCCCNC(=O)[C@@H](C)N1CCN(c2nccnc2C#N)CC1. The van der Waals surface area contributed by atoms with Crippen molar-refractivity contribution in [2.24, 2.45) is 0 Å². The van der Waals surface area contributed by atoms with Crippen molar-refractivity contribution < 1.29 is 9.53 Å². The molecular weight excluding hydrogens is 308 g/mol. The number of rotatable bonds is 7. The highest BCUT2D eigenvalue weighted by atomic mass is 16.5. The first kappa shape index (κ1) is 18.1. The fourth-order valence-electron chi connectivity index (χ4n) is 2.70. The number of ether oxygens (including phenoxy) is 1. The second-order valence-corrected chi connectivity index (χ2v) is 5.68. The molecule has 0 spiro atoms. The molecule has 8 heteroatoms. The minimum absolute atomic E-state index is 0.0387. The zero-order chi connectivity index (χ0) is 17.4. The Morgan fingerprint density at radius 3 is 2.75 bits per heavy atom. The molecule has 1 aliphatic heterocycles. The minimum Gasteiger partial charge on any atom is -0.385 e. The topological polar surface area (TPSA) is 94.4 Å². The van der Waals surface area contributed by atoms with Crippen LogP contribution in [0.2, 0.25) is 0 Å². The zero-order valence-electron chi connectivity index (χ0n) is 14.2. The molecule has 2 rings (SSSR count). The molecule has 1 amide bonds. The van der Waals surface area contributed by atoms with Gasteiger partial charge in [-0.3, -0.25) is 9.69 Å². The van der Waals surface area contributed by atoms with Crippen LogP contribution in [0.15, 0.2) is 12.4 Å². The van der Waals surface area contributed by atoms with Crippen LogP contribution in [0.25, 0.3) is 0 Å². The first-order valence-electron chi connectivity index (χ1n) is 8.14. The summed E-state index contributed by atoms with van der Waals surface area (Å²) in [4.78, 5) is 24.7. The molecule has 0 aromatic carbocycles. The highest BCUT2D eigenvalue weighted by Crippen LogP contribution is 2.17. The van der Waals surface area contributed by atoms with E-state index in [9.17, 15) is 4.79 Å². The van der Waals surface area contributed by atoms with Crippen LogP contribution in [0.5, 0.6) is 0 Å². The Labute approximate surface area is 142 Å². The molecule has 0 unspecified atom stereocenters. The summed E-state index contributed by atoms with van der Waals surface area (Å²) in [5.41, 5.74) is 0.342. The highest BCUT2D eigenvalue weighted by Gasteiger charge is 2.26. The van der Waals surface area contributed by atoms with Gasteiger partial charge in [0, 0.05) is 58.8 Å². The van der Waals surface area contributed by atoms with Crippen LogP contribution in [0.4, 0.5) is 5.82 Å². The summed E-state index contributed by atoms with van der Waals surface area (Å²) in [6.45, 7) is 6.12. The van der Waals surface area contributed by atoms with Crippen LogP contribution in [0, 0.1) is 11.3 Å². The van der Waals surface area contributed by atoms with Gasteiger partial charge in [-0.25, -0.2) is 9.97 Å². The molecule has 0 saturated carbocycles. The standard InChI is InChI=1S/C16H24N6O2/c1-13(16(23)20-4-3-11-24-2)21-7-9-22(10-8-21)15-14(12-17)18-5-6-19-15/h5-6,13H,3-4,7-11H2,1-2H3,(H,20,23)/t13-/m1/s1. The quantitative estimate of drug-likeness (QED) is 0.703. The highest BCUT2D eigenvalue weighted by molar-refractivity contribution is 5.81. The van der Waals surface area contributed by atoms with Gasteiger partial charge in [0.05, 0.1) is 6.04 Å². The van der Waals surface area contributed by atoms with E-state index in [0.29, 0.717) is 37.8 Å². The number of nitriles is 1. The molecule has 0 bridgehead atoms. The van der Waals surface area contributed by atoms with Gasteiger partial charge in [0.2, 0.25) is 5.91 Å². The van der Waals surface area contributed by atoms with Gasteiger partial charge in [0.1, 0.15) is 6.07 Å². The van der Waals surface area contributed by atoms with Crippen LogP contribution in [-0.4, -0.2) is 73.3 Å². The zero-order valence-corrected chi connectivity index (χ0v) is 14.2. The number of aromatic nitrogens is 2. The van der Waals surface area contributed by atoms with Crippen molar-refractivity contribution in [2.75, 3.05) is 51.3 Å². The van der Waals surface area contributed by atoms with Crippen molar-refractivity contribution in [3.05, 3.63) is 18.1 Å². The lowest BCUT2D eigenvalue weighted by atomic mass is 10.2. The predicted octanol–water partition coefficient (Wildman–Crippen LogP) is 0.0115. The van der Waals surface area contributed by atoms with E-state index in [2.05, 4.69) is 26.3 Å². The summed E-state index contributed by atoms with van der Waals surface area (Å²) < 4.78 is 4.97. The van der Waals surface area contributed by atoms with Crippen molar-refractivity contribution in [3.63, 3.8) is 0 Å². The molecule has 0 radical (unpaired) electrons. The van der Waals surface area contributed by atoms with E-state index in [1.165, 1.54) is 6.20 Å². The van der Waals surface area contributed by atoms with Crippen molar-refractivity contribution in [1.82, 2.24) is 20.2 Å². The van der Waals surface area contributed by atoms with E-state index >= 15 is 0 Å². The Bertz CT molecular complexity index is 580. The van der Waals surface area contributed by atoms with Crippen LogP contribution in [-0.2, 0) is 9.53 Å². The Morgan fingerprint density at radius 2 is 2.08 bits per heavy atom. The Balaban J connectivity index is 1.83. The van der Waals surface area contributed by atoms with Crippen LogP contribution < -0.4 is 10.2 Å². The number of nitrogens with zero attached hydrogens (tertiary/aromatic N) is 5. The van der Waals surface area contributed by atoms with Gasteiger partial charge in [0.25, 0.3) is 0 Å². The van der Waals surface area contributed by atoms with Gasteiger partial charge in [-0.1, -0.05) is 0 Å². The third-order valence-corrected chi connectivity index (χ3v) is 4.15. The van der Waals surface area contributed by atoms with E-state index in [0.717, 1.165) is 19.5 Å². The molecule has 1 aromatic rings. The Morgan fingerprint density at radius 1 is 1.38 bits per heavy atom. The number of nitrogens with one attached hydrogen (secondary N) is 1. The van der Waals surface area contributed by atoms with Crippen LogP contribution in [0.1, 0.15) is 19.0 Å². The largest absolute Gasteiger partial charge is 0.385 e. The number of carbonyl (C=O) groups is 1. The molecule has 24 heavy (non-hydrogen) atoms. The first-order valence-corrected chi connectivity index (χ1v) is 8.14. The Hall–Kier alpha value is -2.24. The molecule has 0 aliphatic carbocycles. The summed E-state index contributed by atoms with van der Waals surface area (Å²) in [6, 6.07) is 1.90. The van der Waals surface area contributed by atoms with Gasteiger partial charge >= 0.3 is 0 Å². The molecule has 1 fully saturated rings. The molecule has 8 nitrogen and oxygen atoms in total. The van der Waals surface area contributed by atoms with E-state index in [4.69, 9.17) is 10.00 Å². The second kappa shape index (κ2) is 9.15. The summed E-state index contributed by atoms with van der Waals surface area (Å²) in [7, 11) is 1.65. The maximum Gasteiger partial charge on any atom is 0.237 e. The predicted molar refractivity (Wildman–Crippen MR) is 89.5 cm³/mol. The van der Waals surface area contributed by atoms with E-state index in [1.807, 2.05) is 11.8 Å². The lowest BCUT2D eigenvalue weighted by Crippen LogP contribution is -2.54. The first-order chi connectivity index (χ1) is 11.7. The molecule has 1 N–H and O–H groups in total. The van der Waals surface area contributed by atoms with E-state index in [1.54, 1.807) is 13.3 Å². The maximum absolute atomic E-state index is 12.2. The number of carbonyl (C=O) groups excluding carboxylic acids is 1. The second-order valence-electron chi connectivity index (χ2n) is 5.68. The van der Waals surface area contributed by atoms with Crippen molar-refractivity contribution >= 4 is 11.7 Å². The molecule has 1 aromatic heterocycles. The lowest BCUT2D eigenvalue weighted by molar-refractivity contribution is -0.126. The van der Waals surface area contributed by atoms with Crippen molar-refractivity contribution in [3.8, 4) is 6.07 Å². The molecule has 1 aliphatic rings. The fourth-order valence-corrected chi connectivity index (χ4v) is 2.70. The van der Waals surface area contributed by atoms with Gasteiger partial charge in [0.15, 0.2) is 11.5 Å². The maximum atomic E-state index is 12.2. The average Bonchev–Trinajstić information content (AvgIpc) is 2.64. The lowest BCUT2D eigenvalue weighted by Gasteiger charge is -2.38. The molecular formula is C16H24N6O2. The van der Waals surface area contributed by atoms with Crippen molar-refractivity contribution in [2.45, 2.75) is 19.4 Å².